The fourth-order valence-corrected chi connectivity index (χ4v) is 4.79. The van der Waals surface area contributed by atoms with Crippen molar-refractivity contribution in [3.8, 4) is 5.69 Å². The van der Waals surface area contributed by atoms with Gasteiger partial charge in [-0.1, -0.05) is 34.9 Å². The fraction of sp³-hybridized carbons (Fsp3) is 0.200. The van der Waals surface area contributed by atoms with E-state index in [0.29, 0.717) is 27.9 Å². The van der Waals surface area contributed by atoms with Crippen LogP contribution in [-0.4, -0.2) is 19.9 Å². The molecule has 1 aliphatic rings. The van der Waals surface area contributed by atoms with E-state index in [-0.39, 0.29) is 5.91 Å². The van der Waals surface area contributed by atoms with Crippen molar-refractivity contribution in [1.29, 1.82) is 0 Å². The van der Waals surface area contributed by atoms with Crippen LogP contribution in [-0.2, 0) is 22.3 Å². The first kappa shape index (κ1) is 17.9. The number of benzene rings is 2. The maximum atomic E-state index is 12.9. The Bertz CT molecular complexity index is 1070. The van der Waals surface area contributed by atoms with E-state index in [4.69, 9.17) is 11.6 Å². The van der Waals surface area contributed by atoms with E-state index in [1.54, 1.807) is 16.8 Å². The van der Waals surface area contributed by atoms with Gasteiger partial charge in [-0.3, -0.25) is 9.00 Å². The predicted octanol–water partition coefficient (Wildman–Crippen LogP) is 4.16. The standard InChI is InChI=1S/C20H18ClN3O2S/c1-12-6-13(2)8-14(7-12)20(25)22-19-17-10-27(26)11-18(17)23-24(19)16-5-3-4-15(21)9-16/h3-9H,10-11H2,1-2H3,(H,22,25)/t27-/m0/s1. The zero-order valence-corrected chi connectivity index (χ0v) is 16.5. The second kappa shape index (κ2) is 6.94. The van der Waals surface area contributed by atoms with Crippen molar-refractivity contribution >= 4 is 34.1 Å². The maximum absolute atomic E-state index is 12.9. The quantitative estimate of drug-likeness (QED) is 0.719. The highest BCUT2D eigenvalue weighted by Gasteiger charge is 2.28. The number of nitrogens with one attached hydrogen (secondary N) is 1. The van der Waals surface area contributed by atoms with Crippen LogP contribution in [0.1, 0.15) is 32.7 Å². The van der Waals surface area contributed by atoms with Gasteiger partial charge in [0.25, 0.3) is 5.91 Å². The topological polar surface area (TPSA) is 64.0 Å². The number of aryl methyl sites for hydroxylation is 2. The highest BCUT2D eigenvalue weighted by atomic mass is 35.5. The number of carbonyl (C=O) groups excluding carboxylic acids is 1. The summed E-state index contributed by atoms with van der Waals surface area (Å²) in [5.41, 5.74) is 4.96. The summed E-state index contributed by atoms with van der Waals surface area (Å²) < 4.78 is 13.7. The minimum absolute atomic E-state index is 0.217. The van der Waals surface area contributed by atoms with Gasteiger partial charge in [0.1, 0.15) is 5.82 Å². The average Bonchev–Trinajstić information content (AvgIpc) is 3.11. The summed E-state index contributed by atoms with van der Waals surface area (Å²) in [7, 11) is -0.987. The van der Waals surface area contributed by atoms with Gasteiger partial charge in [-0.15, -0.1) is 0 Å². The van der Waals surface area contributed by atoms with Crippen LogP contribution in [0.5, 0.6) is 0 Å². The van der Waals surface area contributed by atoms with E-state index in [2.05, 4.69) is 10.4 Å². The van der Waals surface area contributed by atoms with Crippen molar-refractivity contribution in [3.05, 3.63) is 75.4 Å². The Kier molecular flexibility index (Phi) is 4.61. The number of fused-ring (bicyclic) bond motifs is 1. The zero-order valence-electron chi connectivity index (χ0n) is 15.0. The monoisotopic (exact) mass is 399 g/mol. The third kappa shape index (κ3) is 3.55. The van der Waals surface area contributed by atoms with E-state index < -0.39 is 10.8 Å². The molecule has 0 fully saturated rings. The molecule has 0 radical (unpaired) electrons. The van der Waals surface area contributed by atoms with Gasteiger partial charge < -0.3 is 5.32 Å². The summed E-state index contributed by atoms with van der Waals surface area (Å²) in [6.45, 7) is 3.92. The molecular formula is C20H18ClN3O2S. The molecule has 1 amide bonds. The number of aromatic nitrogens is 2. The maximum Gasteiger partial charge on any atom is 0.256 e. The van der Waals surface area contributed by atoms with Gasteiger partial charge >= 0.3 is 0 Å². The molecule has 2 heterocycles. The molecule has 0 bridgehead atoms. The molecule has 1 atom stereocenters. The van der Waals surface area contributed by atoms with Gasteiger partial charge in [-0.05, 0) is 44.2 Å². The smallest absolute Gasteiger partial charge is 0.256 e. The van der Waals surface area contributed by atoms with E-state index in [1.165, 1.54) is 0 Å². The summed E-state index contributed by atoms with van der Waals surface area (Å²) >= 11 is 6.12. The van der Waals surface area contributed by atoms with Gasteiger partial charge in [0.2, 0.25) is 0 Å². The first-order valence-corrected chi connectivity index (χ1v) is 10.4. The minimum Gasteiger partial charge on any atom is -0.306 e. The first-order valence-electron chi connectivity index (χ1n) is 8.52. The van der Waals surface area contributed by atoms with Crippen LogP contribution in [0.3, 0.4) is 0 Å². The third-order valence-electron chi connectivity index (χ3n) is 4.44. The van der Waals surface area contributed by atoms with Crippen LogP contribution < -0.4 is 5.32 Å². The molecule has 1 aliphatic heterocycles. The third-order valence-corrected chi connectivity index (χ3v) is 5.88. The Morgan fingerprint density at radius 3 is 2.59 bits per heavy atom. The highest BCUT2D eigenvalue weighted by Crippen LogP contribution is 2.32. The molecule has 0 saturated carbocycles. The molecule has 7 heteroatoms. The number of halogens is 1. The van der Waals surface area contributed by atoms with Crippen LogP contribution in [0.25, 0.3) is 5.69 Å². The molecule has 138 valence electrons. The number of anilines is 1. The number of carbonyl (C=O) groups is 1. The molecule has 3 aromatic rings. The Balaban J connectivity index is 1.77. The Morgan fingerprint density at radius 1 is 1.15 bits per heavy atom. The molecule has 1 N–H and O–H groups in total. The fourth-order valence-electron chi connectivity index (χ4n) is 3.34. The number of hydrogen-bond donors (Lipinski definition) is 1. The number of amides is 1. The van der Waals surface area contributed by atoms with E-state index in [0.717, 1.165) is 28.1 Å². The molecule has 0 aliphatic carbocycles. The van der Waals surface area contributed by atoms with Crippen molar-refractivity contribution in [3.63, 3.8) is 0 Å². The van der Waals surface area contributed by atoms with Gasteiger partial charge in [-0.25, -0.2) is 4.68 Å². The van der Waals surface area contributed by atoms with Crippen molar-refractivity contribution in [2.24, 2.45) is 0 Å². The lowest BCUT2D eigenvalue weighted by molar-refractivity contribution is 0.102. The first-order chi connectivity index (χ1) is 12.9. The van der Waals surface area contributed by atoms with Crippen LogP contribution in [0.2, 0.25) is 5.02 Å². The van der Waals surface area contributed by atoms with Gasteiger partial charge in [0.15, 0.2) is 0 Å². The Labute approximate surface area is 164 Å². The minimum atomic E-state index is -0.987. The number of nitrogens with zero attached hydrogens (tertiary/aromatic N) is 2. The highest BCUT2D eigenvalue weighted by molar-refractivity contribution is 7.83. The molecule has 27 heavy (non-hydrogen) atoms. The zero-order chi connectivity index (χ0) is 19.1. The predicted molar refractivity (Wildman–Crippen MR) is 108 cm³/mol. The van der Waals surface area contributed by atoms with Crippen LogP contribution in [0, 0.1) is 13.8 Å². The number of rotatable bonds is 3. The van der Waals surface area contributed by atoms with Crippen molar-refractivity contribution in [2.45, 2.75) is 25.4 Å². The molecule has 0 saturated heterocycles. The van der Waals surface area contributed by atoms with Crippen LogP contribution in [0.4, 0.5) is 5.82 Å². The summed E-state index contributed by atoms with van der Waals surface area (Å²) in [5.74, 6) is 1.13. The Hall–Kier alpha value is -2.44. The lowest BCUT2D eigenvalue weighted by atomic mass is 10.1. The van der Waals surface area contributed by atoms with Crippen LogP contribution in [0.15, 0.2) is 42.5 Å². The Morgan fingerprint density at radius 2 is 1.89 bits per heavy atom. The largest absolute Gasteiger partial charge is 0.306 e. The van der Waals surface area contributed by atoms with Gasteiger partial charge in [-0.2, -0.15) is 5.10 Å². The van der Waals surface area contributed by atoms with Crippen molar-refractivity contribution in [2.75, 3.05) is 5.32 Å². The van der Waals surface area contributed by atoms with Gasteiger partial charge in [0, 0.05) is 26.9 Å². The van der Waals surface area contributed by atoms with E-state index in [1.807, 2.05) is 44.2 Å². The normalized spacial score (nSPS) is 15.6. The van der Waals surface area contributed by atoms with Crippen LogP contribution >= 0.6 is 11.6 Å². The second-order valence-electron chi connectivity index (χ2n) is 6.72. The lowest BCUT2D eigenvalue weighted by Crippen LogP contribution is -2.17. The molecule has 4 rings (SSSR count). The summed E-state index contributed by atoms with van der Waals surface area (Å²) in [6.07, 6.45) is 0. The average molecular weight is 400 g/mol. The molecule has 0 unspecified atom stereocenters. The molecule has 2 aromatic carbocycles. The summed E-state index contributed by atoms with van der Waals surface area (Å²) in [6, 6.07) is 13.0. The molecular weight excluding hydrogens is 382 g/mol. The molecule has 1 aromatic heterocycles. The SMILES string of the molecule is Cc1cc(C)cc(C(=O)Nc2c3c(nn2-c2cccc(Cl)c2)C[S@@](=O)C3)c1. The van der Waals surface area contributed by atoms with E-state index in [9.17, 15) is 9.00 Å². The number of hydrogen-bond acceptors (Lipinski definition) is 3. The molecule has 5 nitrogen and oxygen atoms in total. The van der Waals surface area contributed by atoms with Crippen molar-refractivity contribution in [1.82, 2.24) is 9.78 Å². The second-order valence-corrected chi connectivity index (χ2v) is 8.62. The summed E-state index contributed by atoms with van der Waals surface area (Å²) in [5, 5.41) is 8.15. The summed E-state index contributed by atoms with van der Waals surface area (Å²) in [4.78, 5) is 12.9. The van der Waals surface area contributed by atoms with Gasteiger partial charge in [0.05, 0.1) is 22.9 Å². The lowest BCUT2D eigenvalue weighted by Gasteiger charge is -2.12. The molecule has 0 spiro atoms. The van der Waals surface area contributed by atoms with Crippen molar-refractivity contribution < 1.29 is 9.00 Å². The van der Waals surface area contributed by atoms with E-state index >= 15 is 0 Å².